The molecule has 18 heavy (non-hydrogen) atoms. The van der Waals surface area contributed by atoms with Crippen molar-refractivity contribution in [3.8, 4) is 0 Å². The van der Waals surface area contributed by atoms with Crippen LogP contribution in [0.4, 0.5) is 10.5 Å². The van der Waals surface area contributed by atoms with Crippen LogP contribution in [-0.2, 0) is 0 Å². The first-order valence-corrected chi connectivity index (χ1v) is 6.34. The van der Waals surface area contributed by atoms with E-state index in [1.165, 1.54) is 0 Å². The summed E-state index contributed by atoms with van der Waals surface area (Å²) in [5, 5.41) is 15.1. The fourth-order valence-corrected chi connectivity index (χ4v) is 2.41. The third kappa shape index (κ3) is 2.91. The zero-order chi connectivity index (χ0) is 13.0. The first-order chi connectivity index (χ1) is 8.65. The molecule has 6 heteroatoms. The molecule has 0 spiro atoms. The number of nitrogens with one attached hydrogen (secondary N) is 2. The second-order valence-electron chi connectivity index (χ2n) is 4.57. The molecular formula is C12H16ClN3O2. The van der Waals surface area contributed by atoms with E-state index in [9.17, 15) is 9.90 Å². The summed E-state index contributed by atoms with van der Waals surface area (Å²) in [6.45, 7) is -0.0405. The molecule has 1 aromatic rings. The van der Waals surface area contributed by atoms with E-state index in [-0.39, 0.29) is 17.8 Å². The number of aliphatic hydroxyl groups excluding tert-OH is 1. The monoisotopic (exact) mass is 269 g/mol. The van der Waals surface area contributed by atoms with Crippen molar-refractivity contribution in [3.63, 3.8) is 0 Å². The van der Waals surface area contributed by atoms with Crippen molar-refractivity contribution in [3.05, 3.63) is 23.5 Å². The van der Waals surface area contributed by atoms with Crippen molar-refractivity contribution >= 4 is 23.3 Å². The predicted octanol–water partition coefficient (Wildman–Crippen LogP) is 2.16. The number of hydrogen-bond acceptors (Lipinski definition) is 3. The Kier molecular flexibility index (Phi) is 4.04. The second-order valence-corrected chi connectivity index (χ2v) is 4.92. The minimum absolute atomic E-state index is 0.0405. The molecule has 5 nitrogen and oxygen atoms in total. The summed E-state index contributed by atoms with van der Waals surface area (Å²) in [4.78, 5) is 15.7. The van der Waals surface area contributed by atoms with Gasteiger partial charge in [0, 0.05) is 6.20 Å². The maximum absolute atomic E-state index is 11.9. The van der Waals surface area contributed by atoms with Crippen LogP contribution in [-0.4, -0.2) is 28.3 Å². The Morgan fingerprint density at radius 2 is 2.22 bits per heavy atom. The molecule has 0 unspecified atom stereocenters. The van der Waals surface area contributed by atoms with E-state index >= 15 is 0 Å². The van der Waals surface area contributed by atoms with Crippen molar-refractivity contribution in [2.45, 2.75) is 31.2 Å². The Bertz CT molecular complexity index is 433. The molecule has 0 saturated heterocycles. The number of aromatic nitrogens is 1. The molecule has 1 fully saturated rings. The Labute approximate surface area is 111 Å². The highest BCUT2D eigenvalue weighted by atomic mass is 35.5. The number of hydrogen-bond donors (Lipinski definition) is 3. The lowest BCUT2D eigenvalue weighted by Crippen LogP contribution is -2.50. The molecule has 1 saturated carbocycles. The lowest BCUT2D eigenvalue weighted by Gasteiger charge is -2.27. The number of aliphatic hydroxyl groups is 1. The number of anilines is 1. The fraction of sp³-hybridized carbons (Fsp3) is 0.500. The molecule has 2 amide bonds. The van der Waals surface area contributed by atoms with Crippen LogP contribution in [0.5, 0.6) is 0 Å². The summed E-state index contributed by atoms with van der Waals surface area (Å²) in [5.74, 6) is 0. The SMILES string of the molecule is O=C(Nc1cccnc1Cl)NC1(CO)CCCC1. The Balaban J connectivity index is 1.98. The molecule has 0 atom stereocenters. The van der Waals surface area contributed by atoms with Crippen LogP contribution in [0, 0.1) is 0 Å². The molecule has 3 N–H and O–H groups in total. The Morgan fingerprint density at radius 3 is 2.83 bits per heavy atom. The van der Waals surface area contributed by atoms with Gasteiger partial charge in [0.25, 0.3) is 0 Å². The number of carbonyl (C=O) groups is 1. The summed E-state index contributed by atoms with van der Waals surface area (Å²) >= 11 is 5.85. The first kappa shape index (κ1) is 13.1. The molecule has 98 valence electrons. The van der Waals surface area contributed by atoms with E-state index in [0.29, 0.717) is 5.69 Å². The number of carbonyl (C=O) groups excluding carboxylic acids is 1. The van der Waals surface area contributed by atoms with Crippen molar-refractivity contribution in [1.82, 2.24) is 10.3 Å². The highest BCUT2D eigenvalue weighted by Gasteiger charge is 2.34. The van der Waals surface area contributed by atoms with Gasteiger partial charge in [-0.1, -0.05) is 24.4 Å². The number of pyridine rings is 1. The predicted molar refractivity (Wildman–Crippen MR) is 69.7 cm³/mol. The molecular weight excluding hydrogens is 254 g/mol. The van der Waals surface area contributed by atoms with E-state index in [4.69, 9.17) is 11.6 Å². The van der Waals surface area contributed by atoms with Crippen LogP contribution in [0.15, 0.2) is 18.3 Å². The minimum atomic E-state index is -0.487. The molecule has 0 aliphatic heterocycles. The molecule has 0 aromatic carbocycles. The van der Waals surface area contributed by atoms with Gasteiger partial charge in [0.15, 0.2) is 5.15 Å². The minimum Gasteiger partial charge on any atom is -0.394 e. The Hall–Kier alpha value is -1.33. The van der Waals surface area contributed by atoms with Gasteiger partial charge < -0.3 is 15.7 Å². The van der Waals surface area contributed by atoms with E-state index in [0.717, 1.165) is 25.7 Å². The maximum atomic E-state index is 11.9. The van der Waals surface area contributed by atoms with Gasteiger partial charge in [0.05, 0.1) is 17.8 Å². The van der Waals surface area contributed by atoms with Crippen LogP contribution in [0.25, 0.3) is 0 Å². The quantitative estimate of drug-likeness (QED) is 0.736. The van der Waals surface area contributed by atoms with E-state index in [2.05, 4.69) is 15.6 Å². The molecule has 1 heterocycles. The largest absolute Gasteiger partial charge is 0.394 e. The number of amides is 2. The van der Waals surface area contributed by atoms with Crippen molar-refractivity contribution in [2.24, 2.45) is 0 Å². The lowest BCUT2D eigenvalue weighted by atomic mass is 9.99. The molecule has 1 aromatic heterocycles. The van der Waals surface area contributed by atoms with Gasteiger partial charge >= 0.3 is 6.03 Å². The lowest BCUT2D eigenvalue weighted by molar-refractivity contribution is 0.167. The van der Waals surface area contributed by atoms with Gasteiger partial charge in [-0.05, 0) is 25.0 Å². The second kappa shape index (κ2) is 5.54. The molecule has 0 radical (unpaired) electrons. The van der Waals surface area contributed by atoms with E-state index in [1.54, 1.807) is 18.3 Å². The third-order valence-electron chi connectivity index (χ3n) is 3.25. The standard InChI is InChI=1S/C12H16ClN3O2/c13-10-9(4-3-7-14-10)15-11(18)16-12(8-17)5-1-2-6-12/h3-4,7,17H,1-2,5-6,8H2,(H2,15,16,18). The van der Waals surface area contributed by atoms with Crippen LogP contribution >= 0.6 is 11.6 Å². The van der Waals surface area contributed by atoms with Gasteiger partial charge in [-0.25, -0.2) is 9.78 Å². The van der Waals surface area contributed by atoms with Gasteiger partial charge in [-0.15, -0.1) is 0 Å². The van der Waals surface area contributed by atoms with Crippen LogP contribution in [0.1, 0.15) is 25.7 Å². The molecule has 0 bridgehead atoms. The zero-order valence-electron chi connectivity index (χ0n) is 9.95. The summed E-state index contributed by atoms with van der Waals surface area (Å²) in [6, 6.07) is 3.01. The maximum Gasteiger partial charge on any atom is 0.319 e. The van der Waals surface area contributed by atoms with Gasteiger partial charge in [0.1, 0.15) is 0 Å². The average Bonchev–Trinajstić information content (AvgIpc) is 2.81. The van der Waals surface area contributed by atoms with Gasteiger partial charge in [0.2, 0.25) is 0 Å². The summed E-state index contributed by atoms with van der Waals surface area (Å²) in [6.07, 6.45) is 5.20. The topological polar surface area (TPSA) is 74.2 Å². The normalized spacial score (nSPS) is 17.4. The molecule has 2 rings (SSSR count). The van der Waals surface area contributed by atoms with Crippen molar-refractivity contribution < 1.29 is 9.90 Å². The molecule has 1 aliphatic carbocycles. The average molecular weight is 270 g/mol. The fourth-order valence-electron chi connectivity index (χ4n) is 2.25. The number of halogens is 1. The van der Waals surface area contributed by atoms with Crippen LogP contribution in [0.3, 0.4) is 0 Å². The number of nitrogens with zero attached hydrogens (tertiary/aromatic N) is 1. The highest BCUT2D eigenvalue weighted by molar-refractivity contribution is 6.32. The van der Waals surface area contributed by atoms with E-state index < -0.39 is 5.54 Å². The van der Waals surface area contributed by atoms with Crippen LogP contribution < -0.4 is 10.6 Å². The van der Waals surface area contributed by atoms with Gasteiger partial charge in [-0.3, -0.25) is 0 Å². The van der Waals surface area contributed by atoms with Crippen LogP contribution in [0.2, 0.25) is 5.15 Å². The Morgan fingerprint density at radius 1 is 1.50 bits per heavy atom. The summed E-state index contributed by atoms with van der Waals surface area (Å²) in [7, 11) is 0. The van der Waals surface area contributed by atoms with Crippen molar-refractivity contribution in [2.75, 3.05) is 11.9 Å². The smallest absolute Gasteiger partial charge is 0.319 e. The first-order valence-electron chi connectivity index (χ1n) is 5.96. The third-order valence-corrected chi connectivity index (χ3v) is 3.55. The zero-order valence-corrected chi connectivity index (χ0v) is 10.7. The summed E-state index contributed by atoms with van der Waals surface area (Å²) < 4.78 is 0. The van der Waals surface area contributed by atoms with Crippen molar-refractivity contribution in [1.29, 1.82) is 0 Å². The summed E-state index contributed by atoms with van der Waals surface area (Å²) in [5.41, 5.74) is -0.0265. The van der Waals surface area contributed by atoms with Gasteiger partial charge in [-0.2, -0.15) is 0 Å². The number of rotatable bonds is 3. The number of urea groups is 1. The van der Waals surface area contributed by atoms with E-state index in [1.807, 2.05) is 0 Å². The highest BCUT2D eigenvalue weighted by Crippen LogP contribution is 2.29. The molecule has 1 aliphatic rings.